The van der Waals surface area contributed by atoms with Gasteiger partial charge in [-0.1, -0.05) is 29.8 Å². The number of halogens is 1. The molecule has 0 bridgehead atoms. The van der Waals surface area contributed by atoms with Crippen molar-refractivity contribution in [3.8, 4) is 0 Å². The number of nitrogens with zero attached hydrogens (tertiary/aromatic N) is 1. The molecule has 0 radical (unpaired) electrons. The first-order valence-electron chi connectivity index (χ1n) is 6.03. The van der Waals surface area contributed by atoms with E-state index in [2.05, 4.69) is 10.3 Å². The largest absolute Gasteiger partial charge is 0.470 e. The monoisotopic (exact) mass is 250 g/mol. The van der Waals surface area contributed by atoms with Gasteiger partial charge >= 0.3 is 0 Å². The van der Waals surface area contributed by atoms with Crippen LogP contribution in [0.5, 0.6) is 0 Å². The lowest BCUT2D eigenvalue weighted by Gasteiger charge is -2.15. The molecule has 0 aromatic heterocycles. The molecule has 1 saturated heterocycles. The van der Waals surface area contributed by atoms with Crippen LogP contribution < -0.4 is 5.32 Å². The van der Waals surface area contributed by atoms with Crippen molar-refractivity contribution in [2.24, 2.45) is 4.99 Å². The maximum absolute atomic E-state index is 6.17. The van der Waals surface area contributed by atoms with Crippen LogP contribution in [0.2, 0.25) is 5.02 Å². The maximum Gasteiger partial charge on any atom is 0.201 e. The molecule has 17 heavy (non-hydrogen) atoms. The summed E-state index contributed by atoms with van der Waals surface area (Å²) < 4.78 is 5.92. The minimum Gasteiger partial charge on any atom is -0.470 e. The zero-order valence-electron chi connectivity index (χ0n) is 9.53. The SMILES string of the molecule is Clc1ccccc1C1CN=C(C2CCCN2)O1. The van der Waals surface area contributed by atoms with Crippen LogP contribution in [0.1, 0.15) is 24.5 Å². The van der Waals surface area contributed by atoms with E-state index >= 15 is 0 Å². The van der Waals surface area contributed by atoms with Gasteiger partial charge in [0.15, 0.2) is 0 Å². The van der Waals surface area contributed by atoms with Crippen LogP contribution >= 0.6 is 11.6 Å². The van der Waals surface area contributed by atoms with Gasteiger partial charge in [0.2, 0.25) is 5.90 Å². The summed E-state index contributed by atoms with van der Waals surface area (Å²) in [6.45, 7) is 1.74. The number of benzene rings is 1. The van der Waals surface area contributed by atoms with E-state index in [0.717, 1.165) is 29.4 Å². The highest BCUT2D eigenvalue weighted by atomic mass is 35.5. The van der Waals surface area contributed by atoms with E-state index in [-0.39, 0.29) is 6.10 Å². The quantitative estimate of drug-likeness (QED) is 0.875. The third kappa shape index (κ3) is 2.17. The number of rotatable bonds is 2. The minimum absolute atomic E-state index is 0.0129. The van der Waals surface area contributed by atoms with Gasteiger partial charge < -0.3 is 10.1 Å². The lowest BCUT2D eigenvalue weighted by molar-refractivity contribution is 0.219. The van der Waals surface area contributed by atoms with E-state index in [9.17, 15) is 0 Å². The van der Waals surface area contributed by atoms with Gasteiger partial charge in [0.25, 0.3) is 0 Å². The Hall–Kier alpha value is -1.06. The van der Waals surface area contributed by atoms with E-state index in [4.69, 9.17) is 16.3 Å². The predicted molar refractivity (Wildman–Crippen MR) is 68.6 cm³/mol. The van der Waals surface area contributed by atoms with Crippen molar-refractivity contribution >= 4 is 17.5 Å². The van der Waals surface area contributed by atoms with Crippen LogP contribution in [0.3, 0.4) is 0 Å². The number of ether oxygens (including phenoxy) is 1. The summed E-state index contributed by atoms with van der Waals surface area (Å²) in [5.41, 5.74) is 1.03. The normalized spacial score (nSPS) is 27.9. The lowest BCUT2D eigenvalue weighted by Crippen LogP contribution is -2.31. The summed E-state index contributed by atoms with van der Waals surface area (Å²) in [6.07, 6.45) is 2.30. The van der Waals surface area contributed by atoms with Crippen LogP contribution in [0.4, 0.5) is 0 Å². The van der Waals surface area contributed by atoms with Crippen LogP contribution in [0.25, 0.3) is 0 Å². The first-order chi connectivity index (χ1) is 8.34. The van der Waals surface area contributed by atoms with Crippen molar-refractivity contribution in [1.82, 2.24) is 5.32 Å². The van der Waals surface area contributed by atoms with Crippen molar-refractivity contribution in [3.05, 3.63) is 34.9 Å². The zero-order valence-corrected chi connectivity index (χ0v) is 10.3. The average molecular weight is 251 g/mol. The maximum atomic E-state index is 6.17. The van der Waals surface area contributed by atoms with Gasteiger partial charge in [0.1, 0.15) is 6.10 Å². The fraction of sp³-hybridized carbons (Fsp3) is 0.462. The molecule has 0 amide bonds. The molecule has 2 heterocycles. The van der Waals surface area contributed by atoms with Gasteiger partial charge in [0, 0.05) is 10.6 Å². The first-order valence-corrected chi connectivity index (χ1v) is 6.41. The molecule has 3 rings (SSSR count). The molecule has 2 aliphatic heterocycles. The molecule has 1 N–H and O–H groups in total. The van der Waals surface area contributed by atoms with Crippen molar-refractivity contribution in [3.63, 3.8) is 0 Å². The average Bonchev–Trinajstić information content (AvgIpc) is 3.00. The topological polar surface area (TPSA) is 33.6 Å². The van der Waals surface area contributed by atoms with Crippen molar-refractivity contribution in [2.45, 2.75) is 25.0 Å². The molecular formula is C13H15ClN2O. The van der Waals surface area contributed by atoms with Gasteiger partial charge in [-0.2, -0.15) is 0 Å². The third-order valence-electron chi connectivity index (χ3n) is 3.29. The standard InChI is InChI=1S/C13H15ClN2O/c14-10-5-2-1-4-9(10)12-8-16-13(17-12)11-6-3-7-15-11/h1-2,4-5,11-12,15H,3,6-8H2. The second kappa shape index (κ2) is 4.67. The Kier molecular flexibility index (Phi) is 3.04. The molecule has 2 aliphatic rings. The number of hydrogen-bond acceptors (Lipinski definition) is 3. The van der Waals surface area contributed by atoms with Gasteiger partial charge in [-0.15, -0.1) is 0 Å². The molecule has 1 aromatic carbocycles. The van der Waals surface area contributed by atoms with Gasteiger partial charge in [-0.3, -0.25) is 0 Å². The number of nitrogens with one attached hydrogen (secondary N) is 1. The van der Waals surface area contributed by atoms with Crippen LogP contribution in [0, 0.1) is 0 Å². The molecule has 2 unspecified atom stereocenters. The van der Waals surface area contributed by atoms with E-state index < -0.39 is 0 Å². The lowest BCUT2D eigenvalue weighted by atomic mass is 10.1. The van der Waals surface area contributed by atoms with Crippen LogP contribution in [-0.2, 0) is 4.74 Å². The Morgan fingerprint density at radius 1 is 1.35 bits per heavy atom. The zero-order chi connectivity index (χ0) is 11.7. The second-order valence-electron chi connectivity index (χ2n) is 4.46. The van der Waals surface area contributed by atoms with E-state index in [0.29, 0.717) is 12.6 Å². The summed E-state index contributed by atoms with van der Waals surface area (Å²) in [6, 6.07) is 8.12. The Morgan fingerprint density at radius 2 is 2.24 bits per heavy atom. The Labute approximate surface area is 106 Å². The fourth-order valence-corrected chi connectivity index (χ4v) is 2.64. The Balaban J connectivity index is 1.72. The van der Waals surface area contributed by atoms with E-state index in [1.54, 1.807) is 0 Å². The van der Waals surface area contributed by atoms with E-state index in [1.165, 1.54) is 6.42 Å². The summed E-state index contributed by atoms with van der Waals surface area (Å²) in [4.78, 5) is 4.49. The molecule has 1 fully saturated rings. The fourth-order valence-electron chi connectivity index (χ4n) is 2.38. The van der Waals surface area contributed by atoms with Crippen molar-refractivity contribution in [1.29, 1.82) is 0 Å². The van der Waals surface area contributed by atoms with Crippen molar-refractivity contribution < 1.29 is 4.74 Å². The van der Waals surface area contributed by atoms with Crippen LogP contribution in [-0.4, -0.2) is 25.0 Å². The summed E-state index contributed by atoms with van der Waals surface area (Å²) in [5.74, 6) is 0.854. The highest BCUT2D eigenvalue weighted by Crippen LogP contribution is 2.30. The summed E-state index contributed by atoms with van der Waals surface area (Å²) in [5, 5.41) is 4.15. The Bertz CT molecular complexity index is 441. The van der Waals surface area contributed by atoms with Crippen molar-refractivity contribution in [2.75, 3.05) is 13.1 Å². The molecule has 0 aliphatic carbocycles. The van der Waals surface area contributed by atoms with Gasteiger partial charge in [0.05, 0.1) is 12.6 Å². The highest BCUT2D eigenvalue weighted by Gasteiger charge is 2.30. The molecule has 3 nitrogen and oxygen atoms in total. The molecular weight excluding hydrogens is 236 g/mol. The van der Waals surface area contributed by atoms with Crippen LogP contribution in [0.15, 0.2) is 29.3 Å². The third-order valence-corrected chi connectivity index (χ3v) is 3.63. The molecule has 1 aromatic rings. The van der Waals surface area contributed by atoms with Gasteiger partial charge in [-0.05, 0) is 25.5 Å². The van der Waals surface area contributed by atoms with E-state index in [1.807, 2.05) is 24.3 Å². The minimum atomic E-state index is -0.0129. The summed E-state index contributed by atoms with van der Waals surface area (Å²) >= 11 is 6.17. The Morgan fingerprint density at radius 3 is 3.00 bits per heavy atom. The highest BCUT2D eigenvalue weighted by molar-refractivity contribution is 6.31. The first kappa shape index (κ1) is 11.1. The number of hydrogen-bond donors (Lipinski definition) is 1. The molecule has 90 valence electrons. The molecule has 4 heteroatoms. The second-order valence-corrected chi connectivity index (χ2v) is 4.86. The number of aliphatic imine (C=N–C) groups is 1. The molecule has 2 atom stereocenters. The smallest absolute Gasteiger partial charge is 0.201 e. The molecule has 0 saturated carbocycles. The predicted octanol–water partition coefficient (Wildman–Crippen LogP) is 2.56. The molecule has 0 spiro atoms. The van der Waals surface area contributed by atoms with Gasteiger partial charge in [-0.25, -0.2) is 4.99 Å². The summed E-state index contributed by atoms with van der Waals surface area (Å²) in [7, 11) is 0.